The van der Waals surface area contributed by atoms with Crippen molar-refractivity contribution in [2.45, 2.75) is 52.6 Å². The number of ether oxygens (including phenoxy) is 1. The van der Waals surface area contributed by atoms with Crippen LogP contribution in [0, 0.1) is 14.4 Å². The van der Waals surface area contributed by atoms with Crippen LogP contribution in [0.5, 0.6) is 11.5 Å². The van der Waals surface area contributed by atoms with E-state index >= 15 is 0 Å². The van der Waals surface area contributed by atoms with Gasteiger partial charge in [-0.05, 0) is 46.6 Å². The fourth-order valence-electron chi connectivity index (χ4n) is 5.10. The molecular weight excluding hydrogens is 389 g/mol. The number of aromatic hydroxyl groups is 1. The molecule has 3 nitrogen and oxygen atoms in total. The van der Waals surface area contributed by atoms with Crippen molar-refractivity contribution in [2.75, 3.05) is 13.7 Å². The highest BCUT2D eigenvalue weighted by Crippen LogP contribution is 2.47. The Bertz CT molecular complexity index is 587. The van der Waals surface area contributed by atoms with E-state index in [9.17, 15) is 5.11 Å². The SMILES string of the molecule is COc1cc(C[NH+]2C[C@@]3(C)C[C@@H]2CC(C)(C)C3)cc(I)c1O. The van der Waals surface area contributed by atoms with Crippen LogP contribution in [0.4, 0.5) is 0 Å². The maximum atomic E-state index is 10.0. The Morgan fingerprint density at radius 3 is 2.73 bits per heavy atom. The highest BCUT2D eigenvalue weighted by molar-refractivity contribution is 14.1. The van der Waals surface area contributed by atoms with Crippen molar-refractivity contribution in [3.05, 3.63) is 21.3 Å². The average Bonchev–Trinajstić information content (AvgIpc) is 2.62. The number of phenols is 1. The quantitative estimate of drug-likeness (QED) is 0.744. The zero-order valence-electron chi connectivity index (χ0n) is 14.0. The molecule has 1 saturated carbocycles. The Labute approximate surface area is 147 Å². The molecule has 3 rings (SSSR count). The molecule has 4 heteroatoms. The highest BCUT2D eigenvalue weighted by Gasteiger charge is 2.52. The number of hydrogen-bond acceptors (Lipinski definition) is 2. The first-order valence-corrected chi connectivity index (χ1v) is 9.19. The van der Waals surface area contributed by atoms with E-state index in [1.54, 1.807) is 12.0 Å². The van der Waals surface area contributed by atoms with E-state index in [4.69, 9.17) is 4.74 Å². The van der Waals surface area contributed by atoms with Gasteiger partial charge >= 0.3 is 0 Å². The normalized spacial score (nSPS) is 33.0. The molecule has 1 aliphatic heterocycles. The van der Waals surface area contributed by atoms with Gasteiger partial charge in [0.25, 0.3) is 0 Å². The first-order chi connectivity index (χ1) is 10.2. The number of methoxy groups -OCH3 is 1. The zero-order chi connectivity index (χ0) is 16.1. The summed E-state index contributed by atoms with van der Waals surface area (Å²) in [5.41, 5.74) is 2.24. The number of likely N-dealkylation sites (tertiary alicyclic amines) is 1. The minimum absolute atomic E-state index is 0.259. The second kappa shape index (κ2) is 5.55. The summed E-state index contributed by atoms with van der Waals surface area (Å²) in [6.07, 6.45) is 4.03. The van der Waals surface area contributed by atoms with Gasteiger partial charge in [0.15, 0.2) is 11.5 Å². The Morgan fingerprint density at radius 2 is 2.05 bits per heavy atom. The van der Waals surface area contributed by atoms with Gasteiger partial charge in [-0.2, -0.15) is 0 Å². The van der Waals surface area contributed by atoms with Gasteiger partial charge in [-0.25, -0.2) is 0 Å². The minimum Gasteiger partial charge on any atom is -0.504 e. The second-order valence-electron chi connectivity index (χ2n) is 8.40. The monoisotopic (exact) mass is 416 g/mol. The molecule has 2 bridgehead atoms. The van der Waals surface area contributed by atoms with Gasteiger partial charge in [0, 0.05) is 23.8 Å². The molecule has 0 amide bonds. The Morgan fingerprint density at radius 1 is 1.32 bits per heavy atom. The fraction of sp³-hybridized carbons (Fsp3) is 0.667. The summed E-state index contributed by atoms with van der Waals surface area (Å²) in [4.78, 5) is 1.71. The Balaban J connectivity index is 1.81. The van der Waals surface area contributed by atoms with Crippen molar-refractivity contribution in [3.63, 3.8) is 0 Å². The highest BCUT2D eigenvalue weighted by atomic mass is 127. The van der Waals surface area contributed by atoms with Crippen LogP contribution in [0.3, 0.4) is 0 Å². The summed E-state index contributed by atoms with van der Waals surface area (Å²) in [5.74, 6) is 0.852. The predicted molar refractivity (Wildman–Crippen MR) is 96.4 cm³/mol. The number of phenolic OH excluding ortho intramolecular Hbond substituents is 1. The molecular formula is C18H27INO2+. The van der Waals surface area contributed by atoms with Gasteiger partial charge < -0.3 is 14.7 Å². The molecule has 2 N–H and O–H groups in total. The Kier molecular flexibility index (Phi) is 4.13. The van der Waals surface area contributed by atoms with E-state index in [1.807, 2.05) is 6.07 Å². The number of nitrogens with one attached hydrogen (secondary N) is 1. The van der Waals surface area contributed by atoms with Gasteiger partial charge in [-0.1, -0.05) is 20.8 Å². The molecule has 22 heavy (non-hydrogen) atoms. The third kappa shape index (κ3) is 3.09. The molecule has 1 aromatic rings. The zero-order valence-corrected chi connectivity index (χ0v) is 16.2. The van der Waals surface area contributed by atoms with Gasteiger partial charge in [-0.15, -0.1) is 0 Å². The molecule has 1 saturated heterocycles. The molecule has 0 spiro atoms. The summed E-state index contributed by atoms with van der Waals surface area (Å²) in [6, 6.07) is 4.87. The van der Waals surface area contributed by atoms with Crippen molar-refractivity contribution in [2.24, 2.45) is 10.8 Å². The third-order valence-electron chi connectivity index (χ3n) is 5.41. The third-order valence-corrected chi connectivity index (χ3v) is 6.24. The fourth-order valence-corrected chi connectivity index (χ4v) is 5.77. The lowest BCUT2D eigenvalue weighted by Gasteiger charge is -2.37. The van der Waals surface area contributed by atoms with Crippen molar-refractivity contribution in [1.29, 1.82) is 0 Å². The van der Waals surface area contributed by atoms with Crippen molar-refractivity contribution in [1.82, 2.24) is 0 Å². The number of rotatable bonds is 3. The Hall–Kier alpha value is -0.490. The molecule has 0 radical (unpaired) electrons. The number of fused-ring (bicyclic) bond motifs is 2. The molecule has 1 aromatic carbocycles. The standard InChI is InChI=1S/C18H26INO2/c1-17(2)7-13-8-18(3,10-17)11-20(13)9-12-5-14(19)16(21)15(6-12)22-4/h5-6,13,21H,7-11H2,1-4H3/p+1/t13-,18-/m0/s1. The van der Waals surface area contributed by atoms with Crippen molar-refractivity contribution in [3.8, 4) is 11.5 Å². The minimum atomic E-state index is 0.259. The lowest BCUT2D eigenvalue weighted by atomic mass is 9.65. The van der Waals surface area contributed by atoms with Crippen LogP contribution in [-0.2, 0) is 6.54 Å². The van der Waals surface area contributed by atoms with E-state index < -0.39 is 0 Å². The summed E-state index contributed by atoms with van der Waals surface area (Å²) in [5, 5.41) is 10.0. The van der Waals surface area contributed by atoms with Crippen LogP contribution >= 0.6 is 22.6 Å². The van der Waals surface area contributed by atoms with Gasteiger partial charge in [0.2, 0.25) is 0 Å². The lowest BCUT2D eigenvalue weighted by Crippen LogP contribution is -3.12. The van der Waals surface area contributed by atoms with E-state index in [-0.39, 0.29) is 5.75 Å². The predicted octanol–water partition coefficient (Wildman–Crippen LogP) is 2.99. The van der Waals surface area contributed by atoms with Gasteiger partial charge in [0.05, 0.1) is 23.3 Å². The van der Waals surface area contributed by atoms with Crippen LogP contribution in [0.1, 0.15) is 45.6 Å². The number of quaternary nitrogens is 1. The number of hydrogen-bond donors (Lipinski definition) is 2. The summed E-state index contributed by atoms with van der Waals surface area (Å²) < 4.78 is 6.18. The first-order valence-electron chi connectivity index (χ1n) is 8.11. The van der Waals surface area contributed by atoms with E-state index in [1.165, 1.54) is 31.4 Å². The summed E-state index contributed by atoms with van der Waals surface area (Å²) >= 11 is 2.19. The molecule has 3 atom stereocenters. The van der Waals surface area contributed by atoms with Crippen LogP contribution in [0.25, 0.3) is 0 Å². The van der Waals surface area contributed by atoms with E-state index in [2.05, 4.69) is 49.4 Å². The van der Waals surface area contributed by atoms with Crippen LogP contribution in [0.15, 0.2) is 12.1 Å². The molecule has 122 valence electrons. The van der Waals surface area contributed by atoms with Crippen LogP contribution < -0.4 is 9.64 Å². The average molecular weight is 416 g/mol. The molecule has 1 unspecified atom stereocenters. The number of halogens is 1. The molecule has 2 aliphatic rings. The van der Waals surface area contributed by atoms with Crippen molar-refractivity contribution < 1.29 is 14.7 Å². The van der Waals surface area contributed by atoms with Crippen molar-refractivity contribution >= 4 is 22.6 Å². The molecule has 1 heterocycles. The topological polar surface area (TPSA) is 33.9 Å². The molecule has 2 fully saturated rings. The summed E-state index contributed by atoms with van der Waals surface area (Å²) in [6.45, 7) is 9.61. The molecule has 1 aliphatic carbocycles. The van der Waals surface area contributed by atoms with Gasteiger partial charge in [-0.3, -0.25) is 0 Å². The molecule has 0 aromatic heterocycles. The van der Waals surface area contributed by atoms with E-state index in [0.29, 0.717) is 16.6 Å². The van der Waals surface area contributed by atoms with E-state index in [0.717, 1.165) is 16.2 Å². The largest absolute Gasteiger partial charge is 0.504 e. The first kappa shape index (κ1) is 16.4. The van der Waals surface area contributed by atoms with Crippen LogP contribution in [-0.4, -0.2) is 24.8 Å². The smallest absolute Gasteiger partial charge is 0.171 e. The lowest BCUT2D eigenvalue weighted by molar-refractivity contribution is -0.928. The maximum absolute atomic E-state index is 10.0. The maximum Gasteiger partial charge on any atom is 0.171 e. The summed E-state index contributed by atoms with van der Waals surface area (Å²) in [7, 11) is 1.62. The van der Waals surface area contributed by atoms with Crippen LogP contribution in [0.2, 0.25) is 0 Å². The van der Waals surface area contributed by atoms with Gasteiger partial charge in [0.1, 0.15) is 6.54 Å². The number of benzene rings is 1. The second-order valence-corrected chi connectivity index (χ2v) is 9.56.